The monoisotopic (exact) mass is 639 g/mol. The minimum Gasteiger partial charge on any atom is -0.369 e. The number of pyridine rings is 1. The van der Waals surface area contributed by atoms with Crippen LogP contribution in [0.15, 0.2) is 73.3 Å². The number of likely N-dealkylation sites (N-methyl/N-ethyl adjacent to an activating group) is 1. The molecule has 10 nitrogen and oxygen atoms in total. The summed E-state index contributed by atoms with van der Waals surface area (Å²) in [6, 6.07) is 18.1. The minimum atomic E-state index is -0.708. The normalized spacial score (nSPS) is 13.7. The molecule has 1 aliphatic rings. The Morgan fingerprint density at radius 2 is 1.79 bits per heavy atom. The van der Waals surface area contributed by atoms with Crippen molar-refractivity contribution in [1.29, 1.82) is 5.26 Å². The smallest absolute Gasteiger partial charge is 0.255 e. The summed E-state index contributed by atoms with van der Waals surface area (Å²) in [4.78, 5) is 22.9. The average Bonchev–Trinajstić information content (AvgIpc) is 3.72. The molecule has 0 spiro atoms. The predicted octanol–water partition coefficient (Wildman–Crippen LogP) is 6.37. The molecule has 0 atom stereocenters. The summed E-state index contributed by atoms with van der Waals surface area (Å²) in [5.74, 6) is 6.30. The largest absolute Gasteiger partial charge is 0.369 e. The number of benzene rings is 2. The molecular weight excluding hydrogens is 598 g/mol. The van der Waals surface area contributed by atoms with Crippen molar-refractivity contribution in [2.24, 2.45) is 0 Å². The number of aryl methyl sites for hydroxylation is 1. The number of hydrogen-bond donors (Lipinski definition) is 2. The summed E-state index contributed by atoms with van der Waals surface area (Å²) in [6.07, 6.45) is 7.46. The summed E-state index contributed by atoms with van der Waals surface area (Å²) in [7, 11) is 2.12. The van der Waals surface area contributed by atoms with E-state index in [1.54, 1.807) is 12.4 Å². The number of carbonyl (C=O) groups is 1. The molecule has 6 rings (SSSR count). The lowest BCUT2D eigenvalue weighted by Crippen LogP contribution is -2.44. The van der Waals surface area contributed by atoms with Crippen LogP contribution in [0, 0.1) is 30.1 Å². The molecule has 2 aromatic carbocycles. The topological polar surface area (TPSA) is 107 Å². The second-order valence-electron chi connectivity index (χ2n) is 13.2. The molecular formula is C38H41N9O. The van der Waals surface area contributed by atoms with Crippen LogP contribution in [-0.2, 0) is 5.41 Å². The standard InChI is InChI=1S/C38H41N9O/c1-26(2)47-24-32(22-41-47)42-35-8-7-13-46-33(23-40-36(35)46)12-11-28-18-29(10-9-27(28)3)37(48)43-31-19-30(38(4,5)25-39)20-34(21-31)45-16-14-44(6)15-17-45/h7-10,13,18-24,26,42H,14-17H2,1-6H3,(H,43,48). The van der Waals surface area contributed by atoms with Gasteiger partial charge in [0.2, 0.25) is 0 Å². The molecule has 48 heavy (non-hydrogen) atoms. The van der Waals surface area contributed by atoms with Gasteiger partial charge in [0, 0.05) is 67.1 Å². The SMILES string of the molecule is Cc1ccc(C(=O)Nc2cc(N3CCN(C)CC3)cc(C(C)(C)C#N)c2)cc1C#Cc1cnc2c(Nc3cnn(C(C)C)c3)cccn12. The summed E-state index contributed by atoms with van der Waals surface area (Å²) in [5.41, 5.74) is 7.26. The van der Waals surface area contributed by atoms with Crippen molar-refractivity contribution in [3.63, 3.8) is 0 Å². The fourth-order valence-electron chi connectivity index (χ4n) is 5.63. The average molecular weight is 640 g/mol. The third-order valence-corrected chi connectivity index (χ3v) is 8.82. The number of piperazine rings is 1. The van der Waals surface area contributed by atoms with Crippen molar-refractivity contribution in [1.82, 2.24) is 24.1 Å². The van der Waals surface area contributed by atoms with Gasteiger partial charge in [0.25, 0.3) is 5.91 Å². The van der Waals surface area contributed by atoms with Crippen LogP contribution >= 0.6 is 0 Å². The highest BCUT2D eigenvalue weighted by Gasteiger charge is 2.24. The fraction of sp³-hybridized carbons (Fsp3) is 0.316. The Hall–Kier alpha value is -5.58. The number of imidazole rings is 1. The summed E-state index contributed by atoms with van der Waals surface area (Å²) < 4.78 is 3.85. The molecule has 5 aromatic rings. The summed E-state index contributed by atoms with van der Waals surface area (Å²) >= 11 is 0. The number of fused-ring (bicyclic) bond motifs is 1. The maximum atomic E-state index is 13.6. The quantitative estimate of drug-likeness (QED) is 0.199. The van der Waals surface area contributed by atoms with Crippen molar-refractivity contribution >= 4 is 34.3 Å². The molecule has 0 unspecified atom stereocenters. The maximum Gasteiger partial charge on any atom is 0.255 e. The zero-order chi connectivity index (χ0) is 34.0. The van der Waals surface area contributed by atoms with Crippen LogP contribution in [0.4, 0.5) is 22.7 Å². The molecule has 1 aliphatic heterocycles. The minimum absolute atomic E-state index is 0.236. The van der Waals surface area contributed by atoms with Gasteiger partial charge in [-0.2, -0.15) is 10.4 Å². The molecule has 1 amide bonds. The number of nitriles is 1. The van der Waals surface area contributed by atoms with Gasteiger partial charge in [0.1, 0.15) is 5.69 Å². The van der Waals surface area contributed by atoms with Crippen molar-refractivity contribution in [3.05, 3.63) is 101 Å². The summed E-state index contributed by atoms with van der Waals surface area (Å²) in [5, 5.41) is 20.8. The molecule has 1 saturated heterocycles. The van der Waals surface area contributed by atoms with Crippen molar-refractivity contribution in [2.45, 2.75) is 46.1 Å². The van der Waals surface area contributed by atoms with Crippen LogP contribution < -0.4 is 15.5 Å². The first-order valence-electron chi connectivity index (χ1n) is 16.2. The molecule has 244 valence electrons. The second-order valence-corrected chi connectivity index (χ2v) is 13.2. The molecule has 0 saturated carbocycles. The molecule has 0 aliphatic carbocycles. The Morgan fingerprint density at radius 1 is 1.00 bits per heavy atom. The van der Waals surface area contributed by atoms with E-state index in [9.17, 15) is 10.1 Å². The van der Waals surface area contributed by atoms with Crippen molar-refractivity contribution < 1.29 is 4.79 Å². The van der Waals surface area contributed by atoms with Gasteiger partial charge in [-0.25, -0.2) is 4.98 Å². The fourth-order valence-corrected chi connectivity index (χ4v) is 5.63. The highest BCUT2D eigenvalue weighted by Crippen LogP contribution is 2.31. The highest BCUT2D eigenvalue weighted by atomic mass is 16.1. The van der Waals surface area contributed by atoms with Gasteiger partial charge in [-0.3, -0.25) is 13.9 Å². The number of rotatable bonds is 7. The lowest BCUT2D eigenvalue weighted by atomic mass is 9.85. The predicted molar refractivity (Wildman–Crippen MR) is 191 cm³/mol. The first-order valence-corrected chi connectivity index (χ1v) is 16.2. The third kappa shape index (κ3) is 6.90. The first-order chi connectivity index (χ1) is 23.0. The van der Waals surface area contributed by atoms with Crippen molar-refractivity contribution in [3.8, 4) is 17.9 Å². The van der Waals surface area contributed by atoms with Gasteiger partial charge in [-0.05, 0) is 101 Å². The number of nitrogens with zero attached hydrogens (tertiary/aromatic N) is 7. The third-order valence-electron chi connectivity index (χ3n) is 8.82. The number of hydrogen-bond acceptors (Lipinski definition) is 7. The Morgan fingerprint density at radius 3 is 2.52 bits per heavy atom. The van der Waals surface area contributed by atoms with Gasteiger partial charge in [-0.15, -0.1) is 0 Å². The van der Waals surface area contributed by atoms with E-state index in [0.717, 1.165) is 71.3 Å². The van der Waals surface area contributed by atoms with E-state index in [0.29, 0.717) is 11.3 Å². The summed E-state index contributed by atoms with van der Waals surface area (Å²) in [6.45, 7) is 13.6. The molecule has 0 bridgehead atoms. The number of aromatic nitrogens is 4. The maximum absolute atomic E-state index is 13.6. The van der Waals surface area contributed by atoms with Gasteiger partial charge >= 0.3 is 0 Å². The van der Waals surface area contributed by atoms with E-state index in [2.05, 4.69) is 75.4 Å². The lowest BCUT2D eigenvalue weighted by molar-refractivity contribution is 0.102. The zero-order valence-electron chi connectivity index (χ0n) is 28.4. The zero-order valence-corrected chi connectivity index (χ0v) is 28.4. The van der Waals surface area contributed by atoms with Crippen LogP contribution in [0.2, 0.25) is 0 Å². The van der Waals surface area contributed by atoms with E-state index >= 15 is 0 Å². The van der Waals surface area contributed by atoms with Crippen LogP contribution in [-0.4, -0.2) is 63.2 Å². The van der Waals surface area contributed by atoms with Crippen molar-refractivity contribution in [2.75, 3.05) is 48.8 Å². The second kappa shape index (κ2) is 13.3. The Balaban J connectivity index is 1.24. The van der Waals surface area contributed by atoms with Gasteiger partial charge in [0.05, 0.1) is 35.3 Å². The van der Waals surface area contributed by atoms with Crippen LogP contribution in [0.3, 0.4) is 0 Å². The Kier molecular flexibility index (Phi) is 8.95. The molecule has 2 N–H and O–H groups in total. The van der Waals surface area contributed by atoms with Crippen LogP contribution in [0.25, 0.3) is 5.65 Å². The molecule has 3 aromatic heterocycles. The highest BCUT2D eigenvalue weighted by molar-refractivity contribution is 6.05. The molecule has 10 heteroatoms. The van der Waals surface area contributed by atoms with Gasteiger partial charge < -0.3 is 20.4 Å². The van der Waals surface area contributed by atoms with Gasteiger partial charge in [-0.1, -0.05) is 12.0 Å². The number of amides is 1. The van der Waals surface area contributed by atoms with E-state index in [1.807, 2.05) is 84.7 Å². The molecule has 1 fully saturated rings. The number of carbonyl (C=O) groups excluding carboxylic acids is 1. The van der Waals surface area contributed by atoms with E-state index < -0.39 is 5.41 Å². The van der Waals surface area contributed by atoms with Crippen LogP contribution in [0.5, 0.6) is 0 Å². The Bertz CT molecular complexity index is 2080. The van der Waals surface area contributed by atoms with E-state index in [-0.39, 0.29) is 11.9 Å². The number of nitrogens with one attached hydrogen (secondary N) is 2. The van der Waals surface area contributed by atoms with E-state index in [1.165, 1.54) is 0 Å². The molecule has 0 radical (unpaired) electrons. The first kappa shape index (κ1) is 32.4. The Labute approximate surface area is 282 Å². The number of anilines is 4. The van der Waals surface area contributed by atoms with E-state index in [4.69, 9.17) is 0 Å². The molecule has 4 heterocycles. The van der Waals surface area contributed by atoms with Crippen LogP contribution in [0.1, 0.15) is 66.5 Å². The lowest BCUT2D eigenvalue weighted by Gasteiger charge is -2.35. The van der Waals surface area contributed by atoms with Gasteiger partial charge in [0.15, 0.2) is 5.65 Å².